The molecule has 1 aliphatic carbocycles. The van der Waals surface area contributed by atoms with Gasteiger partial charge in [-0.25, -0.2) is 9.59 Å². The molecule has 7 heteroatoms. The predicted octanol–water partition coefficient (Wildman–Crippen LogP) is 5.14. The molecule has 1 N–H and O–H groups in total. The van der Waals surface area contributed by atoms with Gasteiger partial charge in [0.15, 0.2) is 0 Å². The number of hydrogen-bond donors (Lipinski definition) is 1. The minimum absolute atomic E-state index is 0.0171. The fourth-order valence-corrected chi connectivity index (χ4v) is 4.29. The van der Waals surface area contributed by atoms with Crippen molar-refractivity contribution in [3.63, 3.8) is 0 Å². The van der Waals surface area contributed by atoms with Crippen LogP contribution < -0.4 is 4.74 Å². The molecule has 0 saturated heterocycles. The smallest absolute Gasteiger partial charge is 0.478 e. The third-order valence-electron chi connectivity index (χ3n) is 3.40. The molecule has 0 spiro atoms. The van der Waals surface area contributed by atoms with Crippen LogP contribution >= 0.6 is 21.6 Å². The SMILES string of the molecule is C=C1C=C(c2ccc(OC(=O)OC3=CCCC=C3C(=O)O)cc2)SS1. The quantitative estimate of drug-likeness (QED) is 0.444. The Morgan fingerprint density at radius 2 is 1.76 bits per heavy atom. The van der Waals surface area contributed by atoms with E-state index in [0.717, 1.165) is 15.4 Å². The number of carbonyl (C=O) groups is 2. The van der Waals surface area contributed by atoms with Crippen molar-refractivity contribution in [1.82, 2.24) is 0 Å². The Hall–Kier alpha value is -2.38. The molecule has 1 aromatic carbocycles. The monoisotopic (exact) mass is 374 g/mol. The summed E-state index contributed by atoms with van der Waals surface area (Å²) < 4.78 is 10.1. The molecule has 5 nitrogen and oxygen atoms in total. The predicted molar refractivity (Wildman–Crippen MR) is 98.9 cm³/mol. The summed E-state index contributed by atoms with van der Waals surface area (Å²) in [6.07, 6.45) is 5.34. The van der Waals surface area contributed by atoms with E-state index >= 15 is 0 Å². The van der Waals surface area contributed by atoms with Crippen LogP contribution in [0.2, 0.25) is 0 Å². The van der Waals surface area contributed by atoms with E-state index < -0.39 is 12.1 Å². The van der Waals surface area contributed by atoms with Gasteiger partial charge in [-0.3, -0.25) is 0 Å². The van der Waals surface area contributed by atoms with Crippen molar-refractivity contribution in [3.05, 3.63) is 70.9 Å². The Morgan fingerprint density at radius 1 is 1.04 bits per heavy atom. The zero-order valence-corrected chi connectivity index (χ0v) is 14.7. The molecule has 0 radical (unpaired) electrons. The van der Waals surface area contributed by atoms with Gasteiger partial charge in [0.25, 0.3) is 0 Å². The van der Waals surface area contributed by atoms with Crippen molar-refractivity contribution in [2.24, 2.45) is 0 Å². The first-order valence-electron chi connectivity index (χ1n) is 7.42. The van der Waals surface area contributed by atoms with Crippen molar-refractivity contribution in [2.45, 2.75) is 12.8 Å². The molecule has 1 heterocycles. The average molecular weight is 374 g/mol. The molecular weight excluding hydrogens is 360 g/mol. The van der Waals surface area contributed by atoms with Gasteiger partial charge in [0.05, 0.1) is 5.57 Å². The molecule has 0 atom stereocenters. The first kappa shape index (κ1) is 17.4. The van der Waals surface area contributed by atoms with Crippen LogP contribution in [-0.4, -0.2) is 17.2 Å². The molecule has 2 aliphatic rings. The van der Waals surface area contributed by atoms with E-state index in [1.807, 2.05) is 18.2 Å². The summed E-state index contributed by atoms with van der Waals surface area (Å²) in [6, 6.07) is 6.99. The van der Waals surface area contributed by atoms with Gasteiger partial charge < -0.3 is 14.6 Å². The van der Waals surface area contributed by atoms with Crippen LogP contribution in [0.5, 0.6) is 5.75 Å². The number of ether oxygens (including phenoxy) is 2. The minimum Gasteiger partial charge on any atom is -0.478 e. The number of carboxylic acid groups (broad SMARTS) is 1. The third-order valence-corrected chi connectivity index (χ3v) is 5.78. The van der Waals surface area contributed by atoms with E-state index in [0.29, 0.717) is 18.6 Å². The lowest BCUT2D eigenvalue weighted by Crippen LogP contribution is -2.15. The number of rotatable bonds is 4. The van der Waals surface area contributed by atoms with Gasteiger partial charge in [-0.05, 0) is 42.7 Å². The Morgan fingerprint density at radius 3 is 2.40 bits per heavy atom. The van der Waals surface area contributed by atoms with E-state index in [4.69, 9.17) is 14.6 Å². The highest BCUT2D eigenvalue weighted by atomic mass is 33.1. The summed E-state index contributed by atoms with van der Waals surface area (Å²) in [7, 11) is 3.23. The highest BCUT2D eigenvalue weighted by molar-refractivity contribution is 8.82. The van der Waals surface area contributed by atoms with Crippen molar-refractivity contribution in [1.29, 1.82) is 0 Å². The standard InChI is InChI=1S/C18H14O5S2/c1-11-10-16(25-24-11)12-6-8-13(9-7-12)22-18(21)23-15-5-3-2-4-14(15)17(19)20/h4-10H,1-3H2,(H,19,20). The van der Waals surface area contributed by atoms with Crippen LogP contribution in [0, 0.1) is 0 Å². The van der Waals surface area contributed by atoms with Gasteiger partial charge in [-0.15, -0.1) is 0 Å². The van der Waals surface area contributed by atoms with Gasteiger partial charge >= 0.3 is 12.1 Å². The summed E-state index contributed by atoms with van der Waals surface area (Å²) in [4.78, 5) is 25.1. The molecule has 128 valence electrons. The fraction of sp³-hybridized carbons (Fsp3) is 0.111. The van der Waals surface area contributed by atoms with E-state index in [-0.39, 0.29) is 11.3 Å². The zero-order chi connectivity index (χ0) is 17.8. The summed E-state index contributed by atoms with van der Waals surface area (Å²) >= 11 is 0. The number of benzene rings is 1. The van der Waals surface area contributed by atoms with Crippen LogP contribution in [0.4, 0.5) is 4.79 Å². The van der Waals surface area contributed by atoms with Gasteiger partial charge in [0.2, 0.25) is 0 Å². The van der Waals surface area contributed by atoms with Gasteiger partial charge in [0, 0.05) is 9.81 Å². The Balaban J connectivity index is 1.62. The van der Waals surface area contributed by atoms with Crippen molar-refractivity contribution in [3.8, 4) is 5.75 Å². The molecule has 25 heavy (non-hydrogen) atoms. The summed E-state index contributed by atoms with van der Waals surface area (Å²) in [5.41, 5.74) is 0.976. The van der Waals surface area contributed by atoms with Crippen LogP contribution in [0.25, 0.3) is 4.91 Å². The van der Waals surface area contributed by atoms with Crippen LogP contribution in [0.3, 0.4) is 0 Å². The summed E-state index contributed by atoms with van der Waals surface area (Å²) in [5.74, 6) is -0.797. The van der Waals surface area contributed by atoms with Gasteiger partial charge in [0.1, 0.15) is 11.5 Å². The largest absolute Gasteiger partial charge is 0.519 e. The van der Waals surface area contributed by atoms with Crippen LogP contribution in [0.1, 0.15) is 18.4 Å². The highest BCUT2D eigenvalue weighted by Crippen LogP contribution is 2.48. The normalized spacial score (nSPS) is 16.6. The molecule has 3 rings (SSSR count). The summed E-state index contributed by atoms with van der Waals surface area (Å²) in [6.45, 7) is 3.89. The molecule has 0 unspecified atom stereocenters. The van der Waals surface area contributed by atoms with Crippen molar-refractivity contribution in [2.75, 3.05) is 0 Å². The highest BCUT2D eigenvalue weighted by Gasteiger charge is 2.21. The van der Waals surface area contributed by atoms with Gasteiger partial charge in [-0.1, -0.05) is 46.4 Å². The summed E-state index contributed by atoms with van der Waals surface area (Å²) in [5, 5.41) is 9.11. The van der Waals surface area contributed by atoms with Crippen LogP contribution in [0.15, 0.2) is 65.3 Å². The molecule has 0 bridgehead atoms. The Labute approximate surface area is 152 Å². The van der Waals surface area contributed by atoms with Gasteiger partial charge in [-0.2, -0.15) is 0 Å². The topological polar surface area (TPSA) is 72.8 Å². The number of aliphatic carboxylic acids is 1. The molecule has 0 fully saturated rings. The second-order valence-electron chi connectivity index (χ2n) is 5.19. The van der Waals surface area contributed by atoms with Crippen molar-refractivity contribution >= 4 is 38.6 Å². The first-order chi connectivity index (χ1) is 12.0. The number of carboxylic acids is 1. The number of hydrogen-bond acceptors (Lipinski definition) is 6. The lowest BCUT2D eigenvalue weighted by molar-refractivity contribution is -0.132. The maximum absolute atomic E-state index is 11.9. The molecule has 0 amide bonds. The number of carbonyl (C=O) groups excluding carboxylic acids is 1. The first-order valence-corrected chi connectivity index (χ1v) is 9.57. The van der Waals surface area contributed by atoms with Crippen LogP contribution in [-0.2, 0) is 9.53 Å². The lowest BCUT2D eigenvalue weighted by atomic mass is 10.1. The fourth-order valence-electron chi connectivity index (χ4n) is 2.26. The van der Waals surface area contributed by atoms with E-state index in [1.165, 1.54) is 6.08 Å². The molecule has 1 aromatic rings. The van der Waals surface area contributed by atoms with E-state index in [2.05, 4.69) is 6.58 Å². The zero-order valence-electron chi connectivity index (χ0n) is 13.1. The number of allylic oxidation sites excluding steroid dienone is 3. The minimum atomic E-state index is -1.13. The van der Waals surface area contributed by atoms with Crippen molar-refractivity contribution < 1.29 is 24.2 Å². The second-order valence-corrected chi connectivity index (χ2v) is 7.49. The molecule has 0 saturated carbocycles. The maximum atomic E-state index is 11.9. The Bertz CT molecular complexity index is 818. The Kier molecular flexibility index (Phi) is 5.35. The third kappa shape index (κ3) is 4.37. The van der Waals surface area contributed by atoms with E-state index in [1.54, 1.807) is 39.8 Å². The lowest BCUT2D eigenvalue weighted by Gasteiger charge is -2.13. The molecule has 0 aromatic heterocycles. The molecule has 1 aliphatic heterocycles. The maximum Gasteiger partial charge on any atom is 0.519 e. The second kappa shape index (κ2) is 7.67. The average Bonchev–Trinajstić information content (AvgIpc) is 3.02. The van der Waals surface area contributed by atoms with E-state index in [9.17, 15) is 9.59 Å². The molecular formula is C18H14O5S2.